The van der Waals surface area contributed by atoms with Gasteiger partial charge in [0.05, 0.1) is 0 Å². The van der Waals surface area contributed by atoms with Crippen molar-refractivity contribution >= 4 is 18.2 Å². The third kappa shape index (κ3) is 2.16. The Morgan fingerprint density at radius 3 is 2.50 bits per heavy atom. The molecule has 70 valence electrons. The molecular formula is C9H17NOS. The van der Waals surface area contributed by atoms with Gasteiger partial charge in [0, 0.05) is 17.3 Å². The van der Waals surface area contributed by atoms with E-state index in [9.17, 15) is 4.79 Å². The maximum absolute atomic E-state index is 10.9. The molecule has 1 aliphatic heterocycles. The number of carbonyl (C=O) groups is 1. The lowest BCUT2D eigenvalue weighted by atomic mass is 10.0. The second kappa shape index (κ2) is 3.69. The molecule has 3 heteroatoms. The Morgan fingerprint density at radius 1 is 1.50 bits per heavy atom. The first kappa shape index (κ1) is 9.90. The predicted octanol–water partition coefficient (Wildman–Crippen LogP) is 1.75. The summed E-state index contributed by atoms with van der Waals surface area (Å²) in [5.74, 6) is 2.31. The molecule has 0 N–H and O–H groups in total. The minimum atomic E-state index is -0.0166. The molecule has 1 saturated heterocycles. The molecule has 1 amide bonds. The van der Waals surface area contributed by atoms with Crippen LogP contribution < -0.4 is 0 Å². The topological polar surface area (TPSA) is 20.3 Å². The van der Waals surface area contributed by atoms with Gasteiger partial charge in [0.2, 0.25) is 6.41 Å². The predicted molar refractivity (Wildman–Crippen MR) is 53.4 cm³/mol. The van der Waals surface area contributed by atoms with Crippen molar-refractivity contribution in [2.45, 2.75) is 38.8 Å². The van der Waals surface area contributed by atoms with Crippen LogP contribution in [0.4, 0.5) is 0 Å². The maximum Gasteiger partial charge on any atom is 0.210 e. The van der Waals surface area contributed by atoms with Gasteiger partial charge >= 0.3 is 0 Å². The molecule has 0 spiro atoms. The highest BCUT2D eigenvalue weighted by atomic mass is 32.2. The fraction of sp³-hybridized carbons (Fsp3) is 0.889. The summed E-state index contributed by atoms with van der Waals surface area (Å²) in [5.41, 5.74) is -0.0166. The highest BCUT2D eigenvalue weighted by Crippen LogP contribution is 2.26. The van der Waals surface area contributed by atoms with E-state index < -0.39 is 0 Å². The second-order valence-corrected chi connectivity index (χ2v) is 5.35. The van der Waals surface area contributed by atoms with E-state index in [1.807, 2.05) is 16.7 Å². The van der Waals surface area contributed by atoms with Crippen molar-refractivity contribution in [1.29, 1.82) is 0 Å². The summed E-state index contributed by atoms with van der Waals surface area (Å²) in [6.07, 6.45) is 2.15. The average Bonchev–Trinajstić information content (AvgIpc) is 2.38. The normalized spacial score (nSPS) is 24.1. The monoisotopic (exact) mass is 187 g/mol. The first-order valence-electron chi connectivity index (χ1n) is 4.37. The SMILES string of the molecule is CC(C)(C)N(C=O)[C@@H]1CCSC1. The van der Waals surface area contributed by atoms with E-state index in [4.69, 9.17) is 0 Å². The van der Waals surface area contributed by atoms with Gasteiger partial charge in [0.25, 0.3) is 0 Å². The zero-order chi connectivity index (χ0) is 9.19. The Balaban J connectivity index is 2.60. The Hall–Kier alpha value is -0.180. The van der Waals surface area contributed by atoms with Crippen molar-refractivity contribution in [2.75, 3.05) is 11.5 Å². The van der Waals surface area contributed by atoms with E-state index in [2.05, 4.69) is 20.8 Å². The van der Waals surface area contributed by atoms with Crippen LogP contribution in [0.2, 0.25) is 0 Å². The number of rotatable bonds is 2. The molecule has 0 aromatic carbocycles. The van der Waals surface area contributed by atoms with E-state index in [-0.39, 0.29) is 5.54 Å². The number of carbonyl (C=O) groups excluding carboxylic acids is 1. The molecule has 1 fully saturated rings. The number of thioether (sulfide) groups is 1. The maximum atomic E-state index is 10.9. The largest absolute Gasteiger partial charge is 0.337 e. The number of hydrogen-bond donors (Lipinski definition) is 0. The van der Waals surface area contributed by atoms with E-state index >= 15 is 0 Å². The first-order valence-corrected chi connectivity index (χ1v) is 5.52. The van der Waals surface area contributed by atoms with Crippen molar-refractivity contribution in [2.24, 2.45) is 0 Å². The van der Waals surface area contributed by atoms with Crippen molar-refractivity contribution in [3.8, 4) is 0 Å². The molecule has 1 heterocycles. The fourth-order valence-electron chi connectivity index (χ4n) is 1.53. The average molecular weight is 187 g/mol. The van der Waals surface area contributed by atoms with Gasteiger partial charge in [-0.05, 0) is 32.9 Å². The van der Waals surface area contributed by atoms with Crippen LogP contribution in [0.1, 0.15) is 27.2 Å². The molecule has 1 aliphatic rings. The minimum absolute atomic E-state index is 0.0166. The van der Waals surface area contributed by atoms with Crippen molar-refractivity contribution in [1.82, 2.24) is 4.90 Å². The summed E-state index contributed by atoms with van der Waals surface area (Å²) in [4.78, 5) is 12.8. The third-order valence-electron chi connectivity index (χ3n) is 2.19. The van der Waals surface area contributed by atoms with Crippen LogP contribution in [0.15, 0.2) is 0 Å². The van der Waals surface area contributed by atoms with Gasteiger partial charge in [-0.15, -0.1) is 0 Å². The molecule has 0 aliphatic carbocycles. The van der Waals surface area contributed by atoms with Gasteiger partial charge < -0.3 is 4.90 Å². The quantitative estimate of drug-likeness (QED) is 0.614. The smallest absolute Gasteiger partial charge is 0.210 e. The zero-order valence-corrected chi connectivity index (χ0v) is 8.86. The van der Waals surface area contributed by atoms with Crippen LogP contribution in [-0.4, -0.2) is 34.4 Å². The third-order valence-corrected chi connectivity index (χ3v) is 3.33. The van der Waals surface area contributed by atoms with Gasteiger partial charge in [-0.3, -0.25) is 4.79 Å². The highest BCUT2D eigenvalue weighted by molar-refractivity contribution is 7.99. The Morgan fingerprint density at radius 2 is 2.17 bits per heavy atom. The molecule has 0 aromatic heterocycles. The van der Waals surface area contributed by atoms with Crippen LogP contribution in [0, 0.1) is 0 Å². The lowest BCUT2D eigenvalue weighted by molar-refractivity contribution is -0.124. The van der Waals surface area contributed by atoms with E-state index in [1.165, 1.54) is 5.75 Å². The molecule has 1 rings (SSSR count). The molecule has 0 aromatic rings. The minimum Gasteiger partial charge on any atom is -0.337 e. The molecule has 0 saturated carbocycles. The summed E-state index contributed by atoms with van der Waals surface area (Å²) in [5, 5.41) is 0. The summed E-state index contributed by atoms with van der Waals surface area (Å²) in [6, 6.07) is 0.465. The van der Waals surface area contributed by atoms with Gasteiger partial charge in [0.15, 0.2) is 0 Å². The number of nitrogens with zero attached hydrogens (tertiary/aromatic N) is 1. The van der Waals surface area contributed by atoms with E-state index in [0.717, 1.165) is 18.6 Å². The molecule has 0 radical (unpaired) electrons. The first-order chi connectivity index (χ1) is 5.55. The molecule has 0 bridgehead atoms. The Labute approximate surface area is 78.7 Å². The summed E-state index contributed by atoms with van der Waals surface area (Å²) >= 11 is 1.94. The second-order valence-electron chi connectivity index (χ2n) is 4.20. The fourth-order valence-corrected chi connectivity index (χ4v) is 2.74. The molecule has 2 nitrogen and oxygen atoms in total. The highest BCUT2D eigenvalue weighted by Gasteiger charge is 2.29. The van der Waals surface area contributed by atoms with Crippen LogP contribution in [0.25, 0.3) is 0 Å². The van der Waals surface area contributed by atoms with Gasteiger partial charge in [-0.1, -0.05) is 0 Å². The number of amides is 1. The number of hydrogen-bond acceptors (Lipinski definition) is 2. The van der Waals surface area contributed by atoms with E-state index in [0.29, 0.717) is 6.04 Å². The zero-order valence-electron chi connectivity index (χ0n) is 8.04. The summed E-state index contributed by atoms with van der Waals surface area (Å²) in [7, 11) is 0. The molecule has 0 unspecified atom stereocenters. The van der Waals surface area contributed by atoms with Crippen molar-refractivity contribution in [3.05, 3.63) is 0 Å². The summed E-state index contributed by atoms with van der Waals surface area (Å²) in [6.45, 7) is 6.26. The lowest BCUT2D eigenvalue weighted by Gasteiger charge is -2.36. The van der Waals surface area contributed by atoms with Crippen LogP contribution in [0.3, 0.4) is 0 Å². The molecular weight excluding hydrogens is 170 g/mol. The summed E-state index contributed by atoms with van der Waals surface area (Å²) < 4.78 is 0. The van der Waals surface area contributed by atoms with Crippen LogP contribution >= 0.6 is 11.8 Å². The van der Waals surface area contributed by atoms with Crippen LogP contribution in [-0.2, 0) is 4.79 Å². The standard InChI is InChI=1S/C9H17NOS/c1-9(2,3)10(7-11)8-4-5-12-6-8/h7-8H,4-6H2,1-3H3/t8-/m1/s1. The van der Waals surface area contributed by atoms with Gasteiger partial charge in [0.1, 0.15) is 0 Å². The Bertz CT molecular complexity index is 158. The van der Waals surface area contributed by atoms with Gasteiger partial charge in [-0.2, -0.15) is 11.8 Å². The van der Waals surface area contributed by atoms with Crippen molar-refractivity contribution < 1.29 is 4.79 Å². The van der Waals surface area contributed by atoms with Crippen molar-refractivity contribution in [3.63, 3.8) is 0 Å². The Kier molecular flexibility index (Phi) is 3.04. The van der Waals surface area contributed by atoms with Crippen LogP contribution in [0.5, 0.6) is 0 Å². The molecule has 1 atom stereocenters. The van der Waals surface area contributed by atoms with Gasteiger partial charge in [-0.25, -0.2) is 0 Å². The lowest BCUT2D eigenvalue weighted by Crippen LogP contribution is -2.47. The molecule has 12 heavy (non-hydrogen) atoms. The van der Waals surface area contributed by atoms with E-state index in [1.54, 1.807) is 0 Å².